The van der Waals surface area contributed by atoms with E-state index >= 15 is 0 Å². The SMILES string of the molecule is C=CCn1c(SCc2cc([N+](=O)[O-])ccc2OC)nnc1-c1ccncc1. The second kappa shape index (κ2) is 8.45. The van der Waals surface area contributed by atoms with Crippen LogP contribution in [0.25, 0.3) is 11.4 Å². The van der Waals surface area contributed by atoms with Gasteiger partial charge in [0.2, 0.25) is 0 Å². The number of hydrogen-bond donors (Lipinski definition) is 0. The Morgan fingerprint density at radius 3 is 2.74 bits per heavy atom. The number of nitro benzene ring substituents is 1. The number of benzene rings is 1. The summed E-state index contributed by atoms with van der Waals surface area (Å²) >= 11 is 1.43. The summed E-state index contributed by atoms with van der Waals surface area (Å²) in [7, 11) is 1.54. The van der Waals surface area contributed by atoms with Gasteiger partial charge in [0.15, 0.2) is 11.0 Å². The molecule has 2 aromatic heterocycles. The maximum absolute atomic E-state index is 11.0. The topological polar surface area (TPSA) is 96.0 Å². The largest absolute Gasteiger partial charge is 0.496 e. The number of rotatable bonds is 8. The van der Waals surface area contributed by atoms with Crippen molar-refractivity contribution in [3.63, 3.8) is 0 Å². The lowest BCUT2D eigenvalue weighted by molar-refractivity contribution is -0.384. The van der Waals surface area contributed by atoms with Gasteiger partial charge < -0.3 is 4.74 Å². The number of non-ortho nitro benzene ring substituents is 1. The molecule has 0 N–H and O–H groups in total. The molecule has 9 heteroatoms. The number of methoxy groups -OCH3 is 1. The number of hydrogen-bond acceptors (Lipinski definition) is 7. The number of ether oxygens (including phenoxy) is 1. The van der Waals surface area contributed by atoms with Gasteiger partial charge in [0.1, 0.15) is 5.75 Å². The zero-order valence-electron chi connectivity index (χ0n) is 14.6. The highest BCUT2D eigenvalue weighted by Gasteiger charge is 2.16. The van der Waals surface area contributed by atoms with E-state index in [1.165, 1.54) is 31.0 Å². The van der Waals surface area contributed by atoms with Crippen LogP contribution in [0.4, 0.5) is 5.69 Å². The molecule has 138 valence electrons. The number of thioether (sulfide) groups is 1. The van der Waals surface area contributed by atoms with Crippen molar-refractivity contribution in [3.05, 3.63) is 71.1 Å². The van der Waals surface area contributed by atoms with Crippen LogP contribution >= 0.6 is 11.8 Å². The monoisotopic (exact) mass is 383 g/mol. The summed E-state index contributed by atoms with van der Waals surface area (Å²) in [5, 5.41) is 20.3. The lowest BCUT2D eigenvalue weighted by Crippen LogP contribution is -2.01. The van der Waals surface area contributed by atoms with Gasteiger partial charge in [0.05, 0.1) is 12.0 Å². The fraction of sp³-hybridized carbons (Fsp3) is 0.167. The van der Waals surface area contributed by atoms with Crippen molar-refractivity contribution >= 4 is 17.4 Å². The molecule has 3 rings (SSSR count). The fourth-order valence-electron chi connectivity index (χ4n) is 2.54. The third-order valence-electron chi connectivity index (χ3n) is 3.80. The normalized spacial score (nSPS) is 10.6. The van der Waals surface area contributed by atoms with Crippen LogP contribution in [0.5, 0.6) is 5.75 Å². The summed E-state index contributed by atoms with van der Waals surface area (Å²) in [6.07, 6.45) is 5.16. The van der Waals surface area contributed by atoms with Crippen LogP contribution in [-0.2, 0) is 12.3 Å². The van der Waals surface area contributed by atoms with Crippen LogP contribution < -0.4 is 4.74 Å². The zero-order chi connectivity index (χ0) is 19.2. The summed E-state index contributed by atoms with van der Waals surface area (Å²) in [6, 6.07) is 8.27. The Morgan fingerprint density at radius 2 is 2.07 bits per heavy atom. The first-order chi connectivity index (χ1) is 13.1. The van der Waals surface area contributed by atoms with Crippen molar-refractivity contribution in [1.82, 2.24) is 19.7 Å². The first kappa shape index (κ1) is 18.6. The maximum Gasteiger partial charge on any atom is 0.270 e. The number of pyridine rings is 1. The van der Waals surface area contributed by atoms with Gasteiger partial charge in [-0.2, -0.15) is 0 Å². The van der Waals surface area contributed by atoms with Gasteiger partial charge in [-0.25, -0.2) is 0 Å². The summed E-state index contributed by atoms with van der Waals surface area (Å²) in [6.45, 7) is 4.34. The molecule has 0 radical (unpaired) electrons. The molecule has 0 amide bonds. The van der Waals surface area contributed by atoms with Crippen LogP contribution in [0, 0.1) is 10.1 Å². The third-order valence-corrected chi connectivity index (χ3v) is 4.81. The van der Waals surface area contributed by atoms with Gasteiger partial charge in [-0.15, -0.1) is 16.8 Å². The van der Waals surface area contributed by atoms with E-state index in [-0.39, 0.29) is 5.69 Å². The molecule has 0 bridgehead atoms. The first-order valence-electron chi connectivity index (χ1n) is 8.02. The molecule has 1 aromatic carbocycles. The van der Waals surface area contributed by atoms with Gasteiger partial charge in [-0.05, 0) is 18.2 Å². The van der Waals surface area contributed by atoms with Crippen LogP contribution in [0.2, 0.25) is 0 Å². The highest BCUT2D eigenvalue weighted by molar-refractivity contribution is 7.98. The van der Waals surface area contributed by atoms with E-state index < -0.39 is 4.92 Å². The molecule has 27 heavy (non-hydrogen) atoms. The standard InChI is InChI=1S/C18H17N5O3S/c1-3-10-22-17(13-6-8-19-9-7-13)20-21-18(22)27-12-14-11-15(23(24)25)4-5-16(14)26-2/h3-9,11H,1,10,12H2,2H3. The van der Waals surface area contributed by atoms with Crippen LogP contribution in [0.3, 0.4) is 0 Å². The number of allylic oxidation sites excluding steroid dienone is 1. The van der Waals surface area contributed by atoms with E-state index in [2.05, 4.69) is 21.8 Å². The maximum atomic E-state index is 11.0. The molecule has 0 aliphatic rings. The molecule has 0 saturated heterocycles. The molecule has 0 aliphatic carbocycles. The Balaban J connectivity index is 1.88. The van der Waals surface area contributed by atoms with E-state index in [0.29, 0.717) is 29.0 Å². The second-order valence-corrected chi connectivity index (χ2v) is 6.43. The Hall–Kier alpha value is -3.20. The van der Waals surface area contributed by atoms with Crippen LogP contribution in [0.1, 0.15) is 5.56 Å². The number of nitrogens with zero attached hydrogens (tertiary/aromatic N) is 5. The minimum Gasteiger partial charge on any atom is -0.496 e. The molecule has 0 saturated carbocycles. The van der Waals surface area contributed by atoms with Crippen molar-refractivity contribution in [3.8, 4) is 17.1 Å². The summed E-state index contributed by atoms with van der Waals surface area (Å²) in [5.41, 5.74) is 1.64. The quantitative estimate of drug-likeness (QED) is 0.253. The number of nitro groups is 1. The molecular formula is C18H17N5O3S. The Kier molecular flexibility index (Phi) is 5.82. The minimum absolute atomic E-state index is 0.0245. The van der Waals surface area contributed by atoms with E-state index in [9.17, 15) is 10.1 Å². The fourth-order valence-corrected chi connectivity index (χ4v) is 3.46. The van der Waals surface area contributed by atoms with Crippen LogP contribution in [-0.4, -0.2) is 31.8 Å². The van der Waals surface area contributed by atoms with Crippen molar-refractivity contribution in [2.45, 2.75) is 17.5 Å². The van der Waals surface area contributed by atoms with Gasteiger partial charge in [0, 0.05) is 48.0 Å². The summed E-state index contributed by atoms with van der Waals surface area (Å²) in [4.78, 5) is 14.6. The van der Waals surface area contributed by atoms with E-state index in [4.69, 9.17) is 4.74 Å². The molecule has 0 unspecified atom stereocenters. The molecule has 3 aromatic rings. The second-order valence-electron chi connectivity index (χ2n) is 5.48. The summed E-state index contributed by atoms with van der Waals surface area (Å²) < 4.78 is 7.26. The molecule has 0 fully saturated rings. The number of aromatic nitrogens is 4. The third kappa shape index (κ3) is 4.14. The molecule has 0 aliphatic heterocycles. The predicted octanol–water partition coefficient (Wildman–Crippen LogP) is 3.74. The average molecular weight is 383 g/mol. The summed E-state index contributed by atoms with van der Waals surface area (Å²) in [5.74, 6) is 1.76. The van der Waals surface area contributed by atoms with E-state index in [1.807, 2.05) is 16.7 Å². The highest BCUT2D eigenvalue weighted by Crippen LogP contribution is 2.31. The zero-order valence-corrected chi connectivity index (χ0v) is 15.4. The van der Waals surface area contributed by atoms with Crippen LogP contribution in [0.15, 0.2) is 60.5 Å². The molecule has 2 heterocycles. The van der Waals surface area contributed by atoms with Crippen molar-refractivity contribution in [2.24, 2.45) is 0 Å². The van der Waals surface area contributed by atoms with E-state index in [0.717, 1.165) is 11.1 Å². The first-order valence-corrected chi connectivity index (χ1v) is 9.01. The van der Waals surface area contributed by atoms with Crippen molar-refractivity contribution in [1.29, 1.82) is 0 Å². The molecule has 0 spiro atoms. The van der Waals surface area contributed by atoms with Crippen molar-refractivity contribution < 1.29 is 9.66 Å². The van der Waals surface area contributed by atoms with Gasteiger partial charge in [-0.3, -0.25) is 19.7 Å². The Bertz CT molecular complexity index is 959. The molecule has 8 nitrogen and oxygen atoms in total. The molecule has 0 atom stereocenters. The van der Waals surface area contributed by atoms with Gasteiger partial charge in [-0.1, -0.05) is 17.8 Å². The average Bonchev–Trinajstić information content (AvgIpc) is 3.09. The van der Waals surface area contributed by atoms with Gasteiger partial charge >= 0.3 is 0 Å². The minimum atomic E-state index is -0.421. The Labute approximate surface area is 160 Å². The Morgan fingerprint density at radius 1 is 1.30 bits per heavy atom. The predicted molar refractivity (Wildman–Crippen MR) is 103 cm³/mol. The van der Waals surface area contributed by atoms with Crippen molar-refractivity contribution in [2.75, 3.05) is 7.11 Å². The smallest absolute Gasteiger partial charge is 0.270 e. The lowest BCUT2D eigenvalue weighted by atomic mass is 10.2. The lowest BCUT2D eigenvalue weighted by Gasteiger charge is -2.10. The van der Waals surface area contributed by atoms with E-state index in [1.54, 1.807) is 24.5 Å². The molecular weight excluding hydrogens is 366 g/mol. The highest BCUT2D eigenvalue weighted by atomic mass is 32.2. The van der Waals surface area contributed by atoms with Gasteiger partial charge in [0.25, 0.3) is 5.69 Å².